The van der Waals surface area contributed by atoms with E-state index in [2.05, 4.69) is 15.5 Å². The first-order chi connectivity index (χ1) is 11.6. The number of hydrogen-bond donors (Lipinski definition) is 1. The van der Waals surface area contributed by atoms with Crippen LogP contribution in [0.3, 0.4) is 0 Å². The summed E-state index contributed by atoms with van der Waals surface area (Å²) in [6.07, 6.45) is 0.629. The van der Waals surface area contributed by atoms with Crippen molar-refractivity contribution in [3.63, 3.8) is 0 Å². The molecule has 128 valence electrons. The molecular weight excluding hydrogens is 308 g/mol. The van der Waals surface area contributed by atoms with Gasteiger partial charge in [-0.3, -0.25) is 0 Å². The average molecular weight is 330 g/mol. The van der Waals surface area contributed by atoms with Gasteiger partial charge in [-0.15, -0.1) is 0 Å². The summed E-state index contributed by atoms with van der Waals surface area (Å²) in [5, 5.41) is 6.85. The Kier molecular flexibility index (Phi) is 4.80. The number of methoxy groups -OCH3 is 1. The summed E-state index contributed by atoms with van der Waals surface area (Å²) >= 11 is 0. The van der Waals surface area contributed by atoms with E-state index >= 15 is 0 Å². The van der Waals surface area contributed by atoms with Crippen LogP contribution in [-0.4, -0.2) is 47.9 Å². The molecule has 1 aliphatic heterocycles. The van der Waals surface area contributed by atoms with Gasteiger partial charge in [0, 0.05) is 32.3 Å². The molecule has 7 nitrogen and oxygen atoms in total. The normalized spacial score (nSPS) is 14.5. The molecule has 3 rings (SSSR count). The Morgan fingerprint density at radius 3 is 2.88 bits per heavy atom. The number of carbonyl (C=O) groups excluding carboxylic acids is 1. The molecule has 2 heterocycles. The molecular formula is C17H22N4O3. The molecule has 1 fully saturated rings. The Labute approximate surface area is 141 Å². The van der Waals surface area contributed by atoms with E-state index in [1.807, 2.05) is 32.0 Å². The van der Waals surface area contributed by atoms with Gasteiger partial charge >= 0.3 is 6.03 Å². The molecule has 24 heavy (non-hydrogen) atoms. The summed E-state index contributed by atoms with van der Waals surface area (Å²) in [5.74, 6) is 1.35. The van der Waals surface area contributed by atoms with E-state index < -0.39 is 0 Å². The molecule has 0 radical (unpaired) electrons. The molecule has 0 aliphatic carbocycles. The number of benzene rings is 1. The fourth-order valence-electron chi connectivity index (χ4n) is 2.55. The SMILES string of the molecule is COCCc1noc(C2CN(C(=O)Nc3ccc(C)c(C)c3)C2)n1. The molecule has 0 atom stereocenters. The molecule has 1 aliphatic rings. The van der Waals surface area contributed by atoms with Gasteiger partial charge in [0.1, 0.15) is 0 Å². The molecule has 0 unspecified atom stereocenters. The topological polar surface area (TPSA) is 80.5 Å². The highest BCUT2D eigenvalue weighted by atomic mass is 16.5. The Balaban J connectivity index is 1.51. The van der Waals surface area contributed by atoms with Crippen LogP contribution in [0.2, 0.25) is 0 Å². The molecule has 1 saturated heterocycles. The van der Waals surface area contributed by atoms with E-state index in [0.717, 1.165) is 11.3 Å². The van der Waals surface area contributed by atoms with Crippen LogP contribution in [0.1, 0.15) is 28.8 Å². The molecule has 1 aromatic carbocycles. The van der Waals surface area contributed by atoms with E-state index in [0.29, 0.717) is 37.8 Å². The van der Waals surface area contributed by atoms with E-state index in [4.69, 9.17) is 9.26 Å². The van der Waals surface area contributed by atoms with Crippen molar-refractivity contribution in [1.82, 2.24) is 15.0 Å². The van der Waals surface area contributed by atoms with Gasteiger partial charge in [-0.25, -0.2) is 4.79 Å². The van der Waals surface area contributed by atoms with Gasteiger partial charge in [-0.05, 0) is 37.1 Å². The Hall–Kier alpha value is -2.41. The highest BCUT2D eigenvalue weighted by Gasteiger charge is 2.35. The number of urea groups is 1. The van der Waals surface area contributed by atoms with Crippen LogP contribution in [-0.2, 0) is 11.2 Å². The number of aryl methyl sites for hydroxylation is 2. The quantitative estimate of drug-likeness (QED) is 0.911. The smallest absolute Gasteiger partial charge is 0.321 e. The van der Waals surface area contributed by atoms with Crippen LogP contribution in [0.25, 0.3) is 0 Å². The second kappa shape index (κ2) is 7.00. The van der Waals surface area contributed by atoms with Crippen molar-refractivity contribution in [2.45, 2.75) is 26.2 Å². The zero-order chi connectivity index (χ0) is 17.1. The van der Waals surface area contributed by atoms with Crippen molar-refractivity contribution in [3.05, 3.63) is 41.0 Å². The Morgan fingerprint density at radius 1 is 1.38 bits per heavy atom. The molecule has 7 heteroatoms. The number of nitrogens with zero attached hydrogens (tertiary/aromatic N) is 3. The maximum atomic E-state index is 12.2. The van der Waals surface area contributed by atoms with Crippen LogP contribution in [0.15, 0.2) is 22.7 Å². The van der Waals surface area contributed by atoms with Gasteiger partial charge in [0.2, 0.25) is 5.89 Å². The van der Waals surface area contributed by atoms with Gasteiger partial charge in [-0.2, -0.15) is 4.98 Å². The number of carbonyl (C=O) groups is 1. The van der Waals surface area contributed by atoms with E-state index in [1.165, 1.54) is 5.56 Å². The van der Waals surface area contributed by atoms with Crippen molar-refractivity contribution in [2.75, 3.05) is 32.1 Å². The third-order valence-corrected chi connectivity index (χ3v) is 4.29. The number of rotatable bonds is 5. The Morgan fingerprint density at radius 2 is 2.17 bits per heavy atom. The number of likely N-dealkylation sites (tertiary alicyclic amines) is 1. The lowest BCUT2D eigenvalue weighted by molar-refractivity contribution is 0.147. The minimum absolute atomic E-state index is 0.103. The van der Waals surface area contributed by atoms with Crippen molar-refractivity contribution < 1.29 is 14.1 Å². The van der Waals surface area contributed by atoms with Crippen molar-refractivity contribution in [1.29, 1.82) is 0 Å². The van der Waals surface area contributed by atoms with Gasteiger partial charge < -0.3 is 19.5 Å². The van der Waals surface area contributed by atoms with Gasteiger partial charge in [0.15, 0.2) is 5.82 Å². The van der Waals surface area contributed by atoms with Crippen LogP contribution < -0.4 is 5.32 Å². The zero-order valence-electron chi connectivity index (χ0n) is 14.2. The minimum atomic E-state index is -0.103. The third kappa shape index (κ3) is 3.56. The van der Waals surface area contributed by atoms with Crippen molar-refractivity contribution in [2.24, 2.45) is 0 Å². The first-order valence-electron chi connectivity index (χ1n) is 8.01. The zero-order valence-corrected chi connectivity index (χ0v) is 14.2. The molecule has 0 saturated carbocycles. The molecule has 1 N–H and O–H groups in total. The van der Waals surface area contributed by atoms with Gasteiger partial charge in [0.25, 0.3) is 0 Å². The lowest BCUT2D eigenvalue weighted by atomic mass is 10.0. The number of anilines is 1. The summed E-state index contributed by atoms with van der Waals surface area (Å²) in [7, 11) is 1.64. The van der Waals surface area contributed by atoms with Gasteiger partial charge in [0.05, 0.1) is 12.5 Å². The summed E-state index contributed by atoms with van der Waals surface area (Å²) < 4.78 is 10.3. The molecule has 0 spiro atoms. The fourth-order valence-corrected chi connectivity index (χ4v) is 2.55. The number of hydrogen-bond acceptors (Lipinski definition) is 5. The van der Waals surface area contributed by atoms with E-state index in [9.17, 15) is 4.79 Å². The number of ether oxygens (including phenoxy) is 1. The number of nitrogens with one attached hydrogen (secondary N) is 1. The molecule has 2 amide bonds. The van der Waals surface area contributed by atoms with Crippen LogP contribution >= 0.6 is 0 Å². The molecule has 1 aromatic heterocycles. The van der Waals surface area contributed by atoms with Gasteiger partial charge in [-0.1, -0.05) is 11.2 Å². The monoisotopic (exact) mass is 330 g/mol. The molecule has 0 bridgehead atoms. The summed E-state index contributed by atoms with van der Waals surface area (Å²) in [5.41, 5.74) is 3.17. The third-order valence-electron chi connectivity index (χ3n) is 4.29. The molecule has 2 aromatic rings. The second-order valence-electron chi connectivity index (χ2n) is 6.12. The average Bonchev–Trinajstić information content (AvgIpc) is 2.96. The van der Waals surface area contributed by atoms with Crippen LogP contribution in [0.4, 0.5) is 10.5 Å². The lowest BCUT2D eigenvalue weighted by Gasteiger charge is -2.36. The fraction of sp³-hybridized carbons (Fsp3) is 0.471. The first-order valence-corrected chi connectivity index (χ1v) is 8.01. The number of aromatic nitrogens is 2. The van der Waals surface area contributed by atoms with E-state index in [-0.39, 0.29) is 11.9 Å². The van der Waals surface area contributed by atoms with Crippen molar-refractivity contribution >= 4 is 11.7 Å². The first kappa shape index (κ1) is 16.4. The Bertz CT molecular complexity index is 722. The summed E-state index contributed by atoms with van der Waals surface area (Å²) in [6.45, 7) is 5.81. The second-order valence-corrected chi connectivity index (χ2v) is 6.12. The number of amides is 2. The minimum Gasteiger partial charge on any atom is -0.384 e. The summed E-state index contributed by atoms with van der Waals surface area (Å²) in [6, 6.07) is 5.79. The maximum Gasteiger partial charge on any atom is 0.321 e. The largest absolute Gasteiger partial charge is 0.384 e. The highest BCUT2D eigenvalue weighted by molar-refractivity contribution is 5.90. The summed E-state index contributed by atoms with van der Waals surface area (Å²) in [4.78, 5) is 18.3. The van der Waals surface area contributed by atoms with Crippen molar-refractivity contribution in [3.8, 4) is 0 Å². The standard InChI is InChI=1S/C17H22N4O3/c1-11-4-5-14(8-12(11)2)18-17(22)21-9-13(10-21)16-19-15(20-24-16)6-7-23-3/h4-5,8,13H,6-7,9-10H2,1-3H3,(H,18,22). The maximum absolute atomic E-state index is 12.2. The van der Waals surface area contributed by atoms with Crippen LogP contribution in [0.5, 0.6) is 0 Å². The van der Waals surface area contributed by atoms with Crippen LogP contribution in [0, 0.1) is 13.8 Å². The lowest BCUT2D eigenvalue weighted by Crippen LogP contribution is -2.50. The predicted octanol–water partition coefficient (Wildman–Crippen LogP) is 2.51. The highest BCUT2D eigenvalue weighted by Crippen LogP contribution is 2.26. The predicted molar refractivity (Wildman–Crippen MR) is 89.1 cm³/mol. The van der Waals surface area contributed by atoms with E-state index in [1.54, 1.807) is 12.0 Å².